The lowest BCUT2D eigenvalue weighted by atomic mass is 10.0. The van der Waals surface area contributed by atoms with Gasteiger partial charge in [0, 0.05) is 18.5 Å². The standard InChI is InChI=1S/C16H24N4S/c1-10-6-5-7-20(8-10)9-13-18-15(17-4)14-11(2)12(3)21-16(14)19-13/h10H,5-9H2,1-4H3,(H,17,18,19). The molecule has 1 saturated heterocycles. The molecule has 21 heavy (non-hydrogen) atoms. The van der Waals surface area contributed by atoms with Crippen molar-refractivity contribution >= 4 is 27.4 Å². The second-order valence-electron chi connectivity index (χ2n) is 6.18. The van der Waals surface area contributed by atoms with Crippen LogP contribution in [-0.4, -0.2) is 35.0 Å². The van der Waals surface area contributed by atoms with Crippen LogP contribution < -0.4 is 5.32 Å². The van der Waals surface area contributed by atoms with Crippen molar-refractivity contribution in [2.24, 2.45) is 5.92 Å². The van der Waals surface area contributed by atoms with Crippen molar-refractivity contribution in [3.8, 4) is 0 Å². The molecule has 114 valence electrons. The van der Waals surface area contributed by atoms with Crippen molar-refractivity contribution in [3.05, 3.63) is 16.3 Å². The van der Waals surface area contributed by atoms with E-state index >= 15 is 0 Å². The molecule has 1 fully saturated rings. The molecule has 0 bridgehead atoms. The van der Waals surface area contributed by atoms with Crippen LogP contribution in [0, 0.1) is 19.8 Å². The molecular weight excluding hydrogens is 280 g/mol. The molecule has 0 aromatic carbocycles. The van der Waals surface area contributed by atoms with Gasteiger partial charge in [-0.2, -0.15) is 0 Å². The average Bonchev–Trinajstić information content (AvgIpc) is 2.73. The summed E-state index contributed by atoms with van der Waals surface area (Å²) >= 11 is 1.78. The van der Waals surface area contributed by atoms with E-state index in [1.165, 1.54) is 41.8 Å². The average molecular weight is 304 g/mol. The molecule has 1 unspecified atom stereocenters. The van der Waals surface area contributed by atoms with Gasteiger partial charge in [-0.15, -0.1) is 11.3 Å². The maximum Gasteiger partial charge on any atom is 0.146 e. The smallest absolute Gasteiger partial charge is 0.146 e. The van der Waals surface area contributed by atoms with Gasteiger partial charge < -0.3 is 5.32 Å². The van der Waals surface area contributed by atoms with E-state index in [4.69, 9.17) is 9.97 Å². The molecule has 1 atom stereocenters. The van der Waals surface area contributed by atoms with Crippen LogP contribution in [0.4, 0.5) is 5.82 Å². The largest absolute Gasteiger partial charge is 0.372 e. The highest BCUT2D eigenvalue weighted by Gasteiger charge is 2.19. The Labute approximate surface area is 130 Å². The number of aryl methyl sites for hydroxylation is 2. The SMILES string of the molecule is CNc1nc(CN2CCCC(C)C2)nc2sc(C)c(C)c12. The van der Waals surface area contributed by atoms with Gasteiger partial charge in [-0.3, -0.25) is 4.90 Å². The van der Waals surface area contributed by atoms with E-state index in [0.29, 0.717) is 0 Å². The van der Waals surface area contributed by atoms with Gasteiger partial charge in [-0.25, -0.2) is 9.97 Å². The third kappa shape index (κ3) is 2.90. The highest BCUT2D eigenvalue weighted by molar-refractivity contribution is 7.18. The number of nitrogens with one attached hydrogen (secondary N) is 1. The maximum absolute atomic E-state index is 4.81. The minimum Gasteiger partial charge on any atom is -0.372 e. The number of rotatable bonds is 3. The number of fused-ring (bicyclic) bond motifs is 1. The Morgan fingerprint density at radius 2 is 2.14 bits per heavy atom. The summed E-state index contributed by atoms with van der Waals surface area (Å²) in [6, 6.07) is 0. The second-order valence-corrected chi connectivity index (χ2v) is 7.39. The third-order valence-electron chi connectivity index (χ3n) is 4.42. The van der Waals surface area contributed by atoms with E-state index in [1.807, 2.05) is 7.05 Å². The first kappa shape index (κ1) is 14.7. The van der Waals surface area contributed by atoms with Crippen LogP contribution in [0.5, 0.6) is 0 Å². The van der Waals surface area contributed by atoms with Crippen LogP contribution in [0.3, 0.4) is 0 Å². The minimum atomic E-state index is 0.789. The van der Waals surface area contributed by atoms with Crippen LogP contribution in [0.25, 0.3) is 10.2 Å². The summed E-state index contributed by atoms with van der Waals surface area (Å²) in [5.74, 6) is 2.71. The molecule has 3 rings (SSSR count). The topological polar surface area (TPSA) is 41.1 Å². The Hall–Kier alpha value is -1.20. The second kappa shape index (κ2) is 5.89. The fourth-order valence-corrected chi connectivity index (χ4v) is 4.22. The Kier molecular flexibility index (Phi) is 4.13. The molecule has 1 aliphatic heterocycles. The van der Waals surface area contributed by atoms with Gasteiger partial charge in [-0.1, -0.05) is 6.92 Å². The van der Waals surface area contributed by atoms with Gasteiger partial charge in [0.25, 0.3) is 0 Å². The van der Waals surface area contributed by atoms with Gasteiger partial charge in [0.1, 0.15) is 16.5 Å². The normalized spacial score (nSPS) is 20.1. The van der Waals surface area contributed by atoms with Gasteiger partial charge in [0.15, 0.2) is 0 Å². The Morgan fingerprint density at radius 1 is 1.33 bits per heavy atom. The van der Waals surface area contributed by atoms with E-state index in [9.17, 15) is 0 Å². The molecule has 4 nitrogen and oxygen atoms in total. The maximum atomic E-state index is 4.81. The predicted octanol–water partition coefficient (Wildman–Crippen LogP) is 3.58. The fraction of sp³-hybridized carbons (Fsp3) is 0.625. The van der Waals surface area contributed by atoms with Crippen LogP contribution in [0.1, 0.15) is 36.0 Å². The van der Waals surface area contributed by atoms with Crippen molar-refractivity contribution in [1.29, 1.82) is 0 Å². The van der Waals surface area contributed by atoms with Gasteiger partial charge >= 0.3 is 0 Å². The quantitative estimate of drug-likeness (QED) is 0.941. The molecule has 2 aromatic rings. The van der Waals surface area contributed by atoms with Crippen LogP contribution in [0.2, 0.25) is 0 Å². The number of aromatic nitrogens is 2. The molecule has 3 heterocycles. The Balaban J connectivity index is 1.92. The van der Waals surface area contributed by atoms with E-state index in [1.54, 1.807) is 11.3 Å². The molecule has 1 aliphatic rings. The first-order chi connectivity index (χ1) is 10.1. The molecule has 2 aromatic heterocycles. The Bertz CT molecular complexity index is 649. The number of thiophene rings is 1. The van der Waals surface area contributed by atoms with Gasteiger partial charge in [0.05, 0.1) is 11.9 Å². The summed E-state index contributed by atoms with van der Waals surface area (Å²) in [5, 5.41) is 4.44. The van der Waals surface area contributed by atoms with Crippen molar-refractivity contribution in [2.45, 2.75) is 40.2 Å². The van der Waals surface area contributed by atoms with Crippen LogP contribution >= 0.6 is 11.3 Å². The lowest BCUT2D eigenvalue weighted by Crippen LogP contribution is -2.34. The predicted molar refractivity (Wildman–Crippen MR) is 90.1 cm³/mol. The number of nitrogens with zero attached hydrogens (tertiary/aromatic N) is 3. The summed E-state index contributed by atoms with van der Waals surface area (Å²) in [6.07, 6.45) is 2.64. The summed E-state index contributed by atoms with van der Waals surface area (Å²) in [7, 11) is 1.95. The summed E-state index contributed by atoms with van der Waals surface area (Å²) in [6.45, 7) is 9.85. The zero-order valence-electron chi connectivity index (χ0n) is 13.4. The zero-order chi connectivity index (χ0) is 15.0. The lowest BCUT2D eigenvalue weighted by molar-refractivity contribution is 0.173. The monoisotopic (exact) mass is 304 g/mol. The summed E-state index contributed by atoms with van der Waals surface area (Å²) in [4.78, 5) is 14.5. The van der Waals surface area contributed by atoms with Crippen molar-refractivity contribution in [2.75, 3.05) is 25.5 Å². The molecule has 0 aliphatic carbocycles. The molecule has 0 amide bonds. The first-order valence-electron chi connectivity index (χ1n) is 7.75. The molecule has 0 spiro atoms. The highest BCUT2D eigenvalue weighted by atomic mass is 32.1. The van der Waals surface area contributed by atoms with Gasteiger partial charge in [-0.05, 0) is 44.7 Å². The molecule has 1 N–H and O–H groups in total. The van der Waals surface area contributed by atoms with E-state index < -0.39 is 0 Å². The Morgan fingerprint density at radius 3 is 2.86 bits per heavy atom. The number of anilines is 1. The summed E-state index contributed by atoms with van der Waals surface area (Å²) < 4.78 is 0. The number of hydrogen-bond acceptors (Lipinski definition) is 5. The summed E-state index contributed by atoms with van der Waals surface area (Å²) in [5.41, 5.74) is 1.30. The minimum absolute atomic E-state index is 0.789. The van der Waals surface area contributed by atoms with Crippen molar-refractivity contribution in [3.63, 3.8) is 0 Å². The third-order valence-corrected chi connectivity index (χ3v) is 5.52. The molecule has 0 saturated carbocycles. The van der Waals surface area contributed by atoms with Crippen LogP contribution in [0.15, 0.2) is 0 Å². The van der Waals surface area contributed by atoms with Crippen molar-refractivity contribution in [1.82, 2.24) is 14.9 Å². The zero-order valence-corrected chi connectivity index (χ0v) is 14.2. The number of hydrogen-bond donors (Lipinski definition) is 1. The molecule has 5 heteroatoms. The van der Waals surface area contributed by atoms with Crippen LogP contribution in [-0.2, 0) is 6.54 Å². The lowest BCUT2D eigenvalue weighted by Gasteiger charge is -2.30. The van der Waals surface area contributed by atoms with Crippen molar-refractivity contribution < 1.29 is 0 Å². The highest BCUT2D eigenvalue weighted by Crippen LogP contribution is 2.33. The van der Waals surface area contributed by atoms with E-state index in [0.717, 1.165) is 28.9 Å². The number of piperidine rings is 1. The molecule has 0 radical (unpaired) electrons. The van der Waals surface area contributed by atoms with Gasteiger partial charge in [0.2, 0.25) is 0 Å². The molecular formula is C16H24N4S. The fourth-order valence-electron chi connectivity index (χ4n) is 3.18. The van der Waals surface area contributed by atoms with E-state index in [2.05, 4.69) is 31.0 Å². The number of likely N-dealkylation sites (tertiary alicyclic amines) is 1. The van der Waals surface area contributed by atoms with E-state index in [-0.39, 0.29) is 0 Å². The first-order valence-corrected chi connectivity index (χ1v) is 8.57.